The van der Waals surface area contributed by atoms with Crippen LogP contribution in [0.25, 0.3) is 10.9 Å². The van der Waals surface area contributed by atoms with Crippen LogP contribution in [0.2, 0.25) is 5.15 Å². The predicted octanol–water partition coefficient (Wildman–Crippen LogP) is 2.20. The summed E-state index contributed by atoms with van der Waals surface area (Å²) >= 11 is 5.83. The van der Waals surface area contributed by atoms with Crippen LogP contribution in [0.5, 0.6) is 5.75 Å². The minimum Gasteiger partial charge on any atom is -0.494 e. The summed E-state index contributed by atoms with van der Waals surface area (Å²) < 4.78 is 5.02. The van der Waals surface area contributed by atoms with E-state index in [4.69, 9.17) is 16.3 Å². The van der Waals surface area contributed by atoms with E-state index in [-0.39, 0.29) is 10.8 Å². The number of nitro benzene ring substituents is 1. The van der Waals surface area contributed by atoms with Crippen LogP contribution in [-0.2, 0) is 0 Å². The first-order valence-corrected chi connectivity index (χ1v) is 4.64. The van der Waals surface area contributed by atoms with Crippen molar-refractivity contribution in [2.24, 2.45) is 0 Å². The summed E-state index contributed by atoms with van der Waals surface area (Å²) in [5.41, 5.74) is 0.342. The molecule has 1 aromatic carbocycles. The second-order valence-electron chi connectivity index (χ2n) is 2.97. The number of benzene rings is 1. The molecule has 0 atom stereocenters. The molecular formula is C9H6ClN3O3. The molecule has 2 rings (SSSR count). The maximum Gasteiger partial charge on any atom is 0.274 e. The van der Waals surface area contributed by atoms with Gasteiger partial charge in [-0.3, -0.25) is 10.1 Å². The molecule has 0 aliphatic rings. The minimum atomic E-state index is -0.523. The molecule has 0 aliphatic carbocycles. The molecule has 82 valence electrons. The average molecular weight is 240 g/mol. The van der Waals surface area contributed by atoms with Crippen LogP contribution in [0.4, 0.5) is 5.69 Å². The molecule has 0 bridgehead atoms. The van der Waals surface area contributed by atoms with E-state index in [1.165, 1.54) is 25.6 Å². The average Bonchev–Trinajstić information content (AvgIpc) is 2.28. The number of hydrogen-bond acceptors (Lipinski definition) is 5. The maximum atomic E-state index is 10.7. The lowest BCUT2D eigenvalue weighted by atomic mass is 10.2. The molecule has 1 heterocycles. The van der Waals surface area contributed by atoms with E-state index in [2.05, 4.69) is 9.97 Å². The summed E-state index contributed by atoms with van der Waals surface area (Å²) in [4.78, 5) is 17.9. The van der Waals surface area contributed by atoms with E-state index in [0.29, 0.717) is 16.7 Å². The highest BCUT2D eigenvalue weighted by Crippen LogP contribution is 2.32. The maximum absolute atomic E-state index is 10.7. The summed E-state index contributed by atoms with van der Waals surface area (Å²) in [6, 6.07) is 2.62. The number of halogens is 1. The van der Waals surface area contributed by atoms with Gasteiger partial charge >= 0.3 is 0 Å². The van der Waals surface area contributed by atoms with Crippen molar-refractivity contribution in [2.45, 2.75) is 0 Å². The van der Waals surface area contributed by atoms with E-state index in [1.54, 1.807) is 0 Å². The number of nitro groups is 1. The van der Waals surface area contributed by atoms with Crippen molar-refractivity contribution in [3.63, 3.8) is 0 Å². The first-order chi connectivity index (χ1) is 7.63. The molecule has 0 spiro atoms. The summed E-state index contributed by atoms with van der Waals surface area (Å²) in [5, 5.41) is 11.2. The van der Waals surface area contributed by atoms with Gasteiger partial charge in [-0.25, -0.2) is 9.97 Å². The van der Waals surface area contributed by atoms with Gasteiger partial charge in [0, 0.05) is 11.5 Å². The van der Waals surface area contributed by atoms with Crippen LogP contribution in [0.15, 0.2) is 18.5 Å². The van der Waals surface area contributed by atoms with E-state index in [1.807, 2.05) is 0 Å². The third-order valence-corrected chi connectivity index (χ3v) is 2.37. The van der Waals surface area contributed by atoms with Gasteiger partial charge in [-0.2, -0.15) is 0 Å². The third kappa shape index (κ3) is 1.63. The summed E-state index contributed by atoms with van der Waals surface area (Å²) in [5.74, 6) is 0.300. The summed E-state index contributed by atoms with van der Waals surface area (Å²) in [6.45, 7) is 0. The van der Waals surface area contributed by atoms with Crippen molar-refractivity contribution in [3.8, 4) is 5.75 Å². The molecule has 0 unspecified atom stereocenters. The van der Waals surface area contributed by atoms with Crippen LogP contribution < -0.4 is 4.74 Å². The monoisotopic (exact) mass is 239 g/mol. The van der Waals surface area contributed by atoms with Crippen LogP contribution in [0, 0.1) is 10.1 Å². The fraction of sp³-hybridized carbons (Fsp3) is 0.111. The van der Waals surface area contributed by atoms with Crippen LogP contribution in [0.3, 0.4) is 0 Å². The summed E-state index contributed by atoms with van der Waals surface area (Å²) in [6.07, 6.45) is 1.28. The highest BCUT2D eigenvalue weighted by molar-refractivity contribution is 6.34. The normalized spacial score (nSPS) is 10.4. The van der Waals surface area contributed by atoms with E-state index in [9.17, 15) is 10.1 Å². The lowest BCUT2D eigenvalue weighted by Gasteiger charge is -2.04. The minimum absolute atomic E-state index is 0.110. The van der Waals surface area contributed by atoms with Gasteiger partial charge in [-0.1, -0.05) is 11.6 Å². The molecule has 1 aromatic heterocycles. The molecule has 0 amide bonds. The number of rotatable bonds is 2. The first kappa shape index (κ1) is 10.6. The molecule has 16 heavy (non-hydrogen) atoms. The molecule has 2 aromatic rings. The Kier molecular flexibility index (Phi) is 2.57. The smallest absolute Gasteiger partial charge is 0.274 e. The molecule has 0 saturated heterocycles. The topological polar surface area (TPSA) is 78.2 Å². The molecule has 0 fully saturated rings. The number of methoxy groups -OCH3 is 1. The second-order valence-corrected chi connectivity index (χ2v) is 3.32. The Morgan fingerprint density at radius 3 is 2.81 bits per heavy atom. The number of aromatic nitrogens is 2. The van der Waals surface area contributed by atoms with E-state index < -0.39 is 4.92 Å². The zero-order chi connectivity index (χ0) is 11.7. The van der Waals surface area contributed by atoms with Crippen molar-refractivity contribution in [3.05, 3.63) is 33.7 Å². The predicted molar refractivity (Wildman–Crippen MR) is 57.8 cm³/mol. The van der Waals surface area contributed by atoms with E-state index in [0.717, 1.165) is 0 Å². The molecular weight excluding hydrogens is 234 g/mol. The fourth-order valence-electron chi connectivity index (χ4n) is 1.35. The molecule has 0 aliphatic heterocycles. The molecule has 0 N–H and O–H groups in total. The molecule has 0 saturated carbocycles. The van der Waals surface area contributed by atoms with Gasteiger partial charge < -0.3 is 4.74 Å². The summed E-state index contributed by atoms with van der Waals surface area (Å²) in [7, 11) is 1.41. The van der Waals surface area contributed by atoms with Crippen molar-refractivity contribution >= 4 is 28.2 Å². The number of hydrogen-bond donors (Lipinski definition) is 0. The van der Waals surface area contributed by atoms with Gasteiger partial charge in [0.15, 0.2) is 5.75 Å². The van der Waals surface area contributed by atoms with Gasteiger partial charge in [0.2, 0.25) is 0 Å². The standard InChI is InChI=1S/C9H6ClN3O3/c1-16-7-3-5(13(14)15)2-6-8(7)11-4-12-9(6)10/h2-4H,1H3. The zero-order valence-corrected chi connectivity index (χ0v) is 8.93. The van der Waals surface area contributed by atoms with Gasteiger partial charge in [-0.05, 0) is 0 Å². The highest BCUT2D eigenvalue weighted by atomic mass is 35.5. The Morgan fingerprint density at radius 1 is 1.44 bits per heavy atom. The fourth-order valence-corrected chi connectivity index (χ4v) is 1.54. The van der Waals surface area contributed by atoms with Crippen LogP contribution in [-0.4, -0.2) is 22.0 Å². The van der Waals surface area contributed by atoms with Crippen molar-refractivity contribution in [1.82, 2.24) is 9.97 Å². The third-order valence-electron chi connectivity index (χ3n) is 2.07. The van der Waals surface area contributed by atoms with Gasteiger partial charge in [0.05, 0.1) is 18.1 Å². The van der Waals surface area contributed by atoms with Crippen molar-refractivity contribution in [2.75, 3.05) is 7.11 Å². The van der Waals surface area contributed by atoms with Crippen molar-refractivity contribution in [1.29, 1.82) is 0 Å². The molecule has 6 nitrogen and oxygen atoms in total. The van der Waals surface area contributed by atoms with Gasteiger partial charge in [0.1, 0.15) is 17.0 Å². The number of fused-ring (bicyclic) bond motifs is 1. The Balaban J connectivity index is 2.84. The van der Waals surface area contributed by atoms with Crippen molar-refractivity contribution < 1.29 is 9.66 Å². The number of ether oxygens (including phenoxy) is 1. The molecule has 0 radical (unpaired) electrons. The number of nitrogens with zero attached hydrogens (tertiary/aromatic N) is 3. The Bertz CT molecular complexity index is 573. The quantitative estimate of drug-likeness (QED) is 0.456. The first-order valence-electron chi connectivity index (χ1n) is 4.26. The Hall–Kier alpha value is -1.95. The highest BCUT2D eigenvalue weighted by Gasteiger charge is 2.15. The Morgan fingerprint density at radius 2 is 2.19 bits per heavy atom. The molecule has 7 heteroatoms. The van der Waals surface area contributed by atoms with Crippen LogP contribution in [0.1, 0.15) is 0 Å². The van der Waals surface area contributed by atoms with Gasteiger partial charge in [0.25, 0.3) is 5.69 Å². The number of non-ortho nitro benzene ring substituents is 1. The SMILES string of the molecule is COc1cc([N+](=O)[O-])cc2c(Cl)ncnc12. The largest absolute Gasteiger partial charge is 0.494 e. The van der Waals surface area contributed by atoms with Gasteiger partial charge in [-0.15, -0.1) is 0 Å². The van der Waals surface area contributed by atoms with E-state index >= 15 is 0 Å². The lowest BCUT2D eigenvalue weighted by molar-refractivity contribution is -0.384. The Labute approximate surface area is 95.0 Å². The second kappa shape index (κ2) is 3.90. The van der Waals surface area contributed by atoms with Crippen LogP contribution >= 0.6 is 11.6 Å². The zero-order valence-electron chi connectivity index (χ0n) is 8.18. The lowest BCUT2D eigenvalue weighted by Crippen LogP contribution is -1.94.